The molecule has 1 saturated carbocycles. The summed E-state index contributed by atoms with van der Waals surface area (Å²) in [5.74, 6) is 0. The van der Waals surface area contributed by atoms with Crippen LogP contribution in [0.2, 0.25) is 10.0 Å². The molecule has 0 saturated heterocycles. The fraction of sp³-hybridized carbons (Fsp3) is 0.318. The maximum atomic E-state index is 11.6. The molecule has 4 rings (SSSR count). The van der Waals surface area contributed by atoms with Gasteiger partial charge in [0.15, 0.2) is 0 Å². The number of fused-ring (bicyclic) bond motifs is 1. The Labute approximate surface area is 184 Å². The summed E-state index contributed by atoms with van der Waals surface area (Å²) in [7, 11) is 0. The molecular weight excluding hydrogens is 423 g/mol. The van der Waals surface area contributed by atoms with E-state index in [4.69, 9.17) is 28.9 Å². The van der Waals surface area contributed by atoms with Crippen LogP contribution in [0.4, 0.5) is 11.4 Å². The third-order valence-electron chi connectivity index (χ3n) is 5.90. The Morgan fingerprint density at radius 1 is 1.20 bits per heavy atom. The summed E-state index contributed by atoms with van der Waals surface area (Å²) >= 11 is 12.5. The first-order valence-corrected chi connectivity index (χ1v) is 10.6. The van der Waals surface area contributed by atoms with Crippen molar-refractivity contribution in [1.82, 2.24) is 4.98 Å². The topological polar surface area (TPSA) is 94.1 Å². The summed E-state index contributed by atoms with van der Waals surface area (Å²) < 4.78 is 0. The van der Waals surface area contributed by atoms with Gasteiger partial charge in [-0.15, -0.1) is 0 Å². The van der Waals surface area contributed by atoms with Gasteiger partial charge in [-0.2, -0.15) is 0 Å². The Bertz CT molecular complexity index is 1100. The fourth-order valence-corrected chi connectivity index (χ4v) is 4.69. The van der Waals surface area contributed by atoms with E-state index in [9.17, 15) is 10.1 Å². The lowest BCUT2D eigenvalue weighted by Gasteiger charge is -2.41. The summed E-state index contributed by atoms with van der Waals surface area (Å²) in [5, 5.41) is 17.3. The number of rotatable bonds is 5. The number of benzene rings is 2. The van der Waals surface area contributed by atoms with Crippen molar-refractivity contribution < 1.29 is 4.92 Å². The monoisotopic (exact) mass is 444 g/mol. The van der Waals surface area contributed by atoms with Gasteiger partial charge in [0.05, 0.1) is 21.0 Å². The zero-order valence-electron chi connectivity index (χ0n) is 16.3. The molecule has 8 heteroatoms. The Balaban J connectivity index is 1.76. The molecule has 2 aromatic carbocycles. The van der Waals surface area contributed by atoms with E-state index in [1.54, 1.807) is 18.3 Å². The third kappa shape index (κ3) is 4.21. The zero-order chi connectivity index (χ0) is 21.3. The lowest BCUT2D eigenvalue weighted by atomic mass is 9.75. The van der Waals surface area contributed by atoms with Crippen molar-refractivity contribution >= 4 is 45.5 Å². The van der Waals surface area contributed by atoms with E-state index < -0.39 is 5.54 Å². The normalized spacial score (nSPS) is 21.5. The molecule has 3 aromatic rings. The van der Waals surface area contributed by atoms with E-state index in [2.05, 4.69) is 10.3 Å². The van der Waals surface area contributed by atoms with Crippen LogP contribution in [0.3, 0.4) is 0 Å². The summed E-state index contributed by atoms with van der Waals surface area (Å²) in [4.78, 5) is 15.7. The molecule has 30 heavy (non-hydrogen) atoms. The molecule has 0 radical (unpaired) electrons. The first-order valence-electron chi connectivity index (χ1n) is 9.87. The van der Waals surface area contributed by atoms with Gasteiger partial charge in [-0.3, -0.25) is 15.1 Å². The standard InChI is InChI=1S/C22H22Cl2N4O2/c23-14-4-5-16-19(8-11-26-20(16)12-14)27-22(9-6-15(25)7-10-22)13-17-18(24)2-1-3-21(17)28(29)30/h1-5,8,11-12,15H,6-7,9-10,13,25H2,(H,26,27). The van der Waals surface area contributed by atoms with Gasteiger partial charge < -0.3 is 11.1 Å². The van der Waals surface area contributed by atoms with Crippen LogP contribution in [0.5, 0.6) is 0 Å². The average molecular weight is 445 g/mol. The first kappa shape index (κ1) is 20.8. The number of pyridine rings is 1. The van der Waals surface area contributed by atoms with Crippen molar-refractivity contribution in [2.24, 2.45) is 5.73 Å². The molecule has 1 aromatic heterocycles. The van der Waals surface area contributed by atoms with Crippen LogP contribution in [-0.4, -0.2) is 21.5 Å². The maximum Gasteiger partial charge on any atom is 0.274 e. The van der Waals surface area contributed by atoms with Crippen LogP contribution in [0.25, 0.3) is 10.9 Å². The smallest absolute Gasteiger partial charge is 0.274 e. The van der Waals surface area contributed by atoms with Crippen LogP contribution < -0.4 is 11.1 Å². The Hall–Kier alpha value is -2.41. The summed E-state index contributed by atoms with van der Waals surface area (Å²) in [5.41, 5.74) is 8.07. The molecule has 0 atom stereocenters. The Morgan fingerprint density at radius 3 is 2.70 bits per heavy atom. The maximum absolute atomic E-state index is 11.6. The van der Waals surface area contributed by atoms with Crippen LogP contribution in [-0.2, 0) is 6.42 Å². The molecule has 1 fully saturated rings. The highest BCUT2D eigenvalue weighted by molar-refractivity contribution is 6.31. The molecule has 1 heterocycles. The zero-order valence-corrected chi connectivity index (χ0v) is 17.8. The van der Waals surface area contributed by atoms with E-state index in [0.29, 0.717) is 22.0 Å². The second-order valence-corrected chi connectivity index (χ2v) is 8.78. The molecule has 0 unspecified atom stereocenters. The Morgan fingerprint density at radius 2 is 1.97 bits per heavy atom. The summed E-state index contributed by atoms with van der Waals surface area (Å²) in [6.07, 6.45) is 5.41. The highest BCUT2D eigenvalue weighted by Crippen LogP contribution is 2.39. The number of nitro groups is 1. The minimum Gasteiger partial charge on any atom is -0.379 e. The second-order valence-electron chi connectivity index (χ2n) is 7.93. The van der Waals surface area contributed by atoms with Crippen molar-refractivity contribution in [2.45, 2.75) is 43.7 Å². The molecule has 0 aliphatic heterocycles. The molecule has 6 nitrogen and oxygen atoms in total. The average Bonchev–Trinajstić information content (AvgIpc) is 2.71. The molecule has 156 valence electrons. The Kier molecular flexibility index (Phi) is 5.82. The van der Waals surface area contributed by atoms with Crippen molar-refractivity contribution in [2.75, 3.05) is 5.32 Å². The molecule has 3 N–H and O–H groups in total. The third-order valence-corrected chi connectivity index (χ3v) is 6.49. The molecular formula is C22H22Cl2N4O2. The van der Waals surface area contributed by atoms with Gasteiger partial charge in [0.2, 0.25) is 0 Å². The second kappa shape index (κ2) is 8.38. The predicted octanol–water partition coefficient (Wildman–Crippen LogP) is 5.74. The molecule has 0 bridgehead atoms. The van der Waals surface area contributed by atoms with Crippen molar-refractivity contribution in [3.05, 3.63) is 74.4 Å². The van der Waals surface area contributed by atoms with E-state index in [1.807, 2.05) is 24.3 Å². The van der Waals surface area contributed by atoms with Crippen LogP contribution in [0.1, 0.15) is 31.2 Å². The predicted molar refractivity (Wildman–Crippen MR) is 121 cm³/mol. The minimum absolute atomic E-state index is 0.0462. The fourth-order valence-electron chi connectivity index (χ4n) is 4.29. The molecule has 0 amide bonds. The largest absolute Gasteiger partial charge is 0.379 e. The van der Waals surface area contributed by atoms with Crippen LogP contribution in [0.15, 0.2) is 48.7 Å². The van der Waals surface area contributed by atoms with Gasteiger partial charge in [0.25, 0.3) is 5.69 Å². The van der Waals surface area contributed by atoms with Crippen LogP contribution >= 0.6 is 23.2 Å². The van der Waals surface area contributed by atoms with Crippen molar-refractivity contribution in [1.29, 1.82) is 0 Å². The molecule has 0 spiro atoms. The highest BCUT2D eigenvalue weighted by Gasteiger charge is 2.37. The van der Waals surface area contributed by atoms with Gasteiger partial charge in [-0.1, -0.05) is 29.3 Å². The molecule has 1 aliphatic rings. The van der Waals surface area contributed by atoms with Crippen molar-refractivity contribution in [3.63, 3.8) is 0 Å². The van der Waals surface area contributed by atoms with E-state index in [-0.39, 0.29) is 16.7 Å². The van der Waals surface area contributed by atoms with E-state index in [0.717, 1.165) is 42.3 Å². The number of hydrogen-bond acceptors (Lipinski definition) is 5. The van der Waals surface area contributed by atoms with E-state index in [1.165, 1.54) is 6.07 Å². The number of anilines is 1. The highest BCUT2D eigenvalue weighted by atomic mass is 35.5. The van der Waals surface area contributed by atoms with Gasteiger partial charge >= 0.3 is 0 Å². The number of halogens is 2. The SMILES string of the molecule is NC1CCC(Cc2c(Cl)cccc2[N+](=O)[O-])(Nc2ccnc3cc(Cl)ccc23)CC1. The lowest BCUT2D eigenvalue weighted by molar-refractivity contribution is -0.385. The minimum atomic E-state index is -0.403. The van der Waals surface area contributed by atoms with Gasteiger partial charge in [0.1, 0.15) is 0 Å². The number of nitro benzene ring substituents is 1. The first-order chi connectivity index (χ1) is 14.4. The number of nitrogens with two attached hydrogens (primary N) is 1. The summed E-state index contributed by atoms with van der Waals surface area (Å²) in [6, 6.07) is 12.5. The summed E-state index contributed by atoms with van der Waals surface area (Å²) in [6.45, 7) is 0. The van der Waals surface area contributed by atoms with E-state index >= 15 is 0 Å². The van der Waals surface area contributed by atoms with Crippen LogP contribution in [0, 0.1) is 10.1 Å². The number of nitrogens with one attached hydrogen (secondary N) is 1. The van der Waals surface area contributed by atoms with Gasteiger partial charge in [-0.05, 0) is 56.0 Å². The quantitative estimate of drug-likeness (QED) is 0.386. The van der Waals surface area contributed by atoms with Gasteiger partial charge in [-0.25, -0.2) is 0 Å². The number of hydrogen-bond donors (Lipinski definition) is 2. The van der Waals surface area contributed by atoms with Gasteiger partial charge in [0, 0.05) is 46.4 Å². The lowest BCUT2D eigenvalue weighted by Crippen LogP contribution is -2.46. The van der Waals surface area contributed by atoms with Crippen molar-refractivity contribution in [3.8, 4) is 0 Å². The number of nitrogens with zero attached hydrogens (tertiary/aromatic N) is 2. The molecule has 1 aliphatic carbocycles. The number of aromatic nitrogens is 1.